The monoisotopic (exact) mass is 447 g/mol. The van der Waals surface area contributed by atoms with Crippen LogP contribution in [0.4, 0.5) is 0 Å². The van der Waals surface area contributed by atoms with Crippen molar-refractivity contribution in [3.8, 4) is 5.75 Å². The van der Waals surface area contributed by atoms with Crippen molar-refractivity contribution in [3.05, 3.63) is 29.8 Å². The number of ether oxygens (including phenoxy) is 1. The van der Waals surface area contributed by atoms with Gasteiger partial charge in [-0.05, 0) is 25.8 Å². The molecule has 0 aliphatic heterocycles. The lowest BCUT2D eigenvalue weighted by atomic mass is 9.85. The molecule has 24 heavy (non-hydrogen) atoms. The second kappa shape index (κ2) is 10.8. The summed E-state index contributed by atoms with van der Waals surface area (Å²) in [6.45, 7) is 3.91. The number of hydrogen-bond donors (Lipinski definition) is 3. The molecule has 0 atom stereocenters. The zero-order valence-corrected chi connectivity index (χ0v) is 17.0. The largest absolute Gasteiger partial charge is 0.496 e. The Labute approximate surface area is 162 Å². The Hall–Kier alpha value is -1.02. The first-order chi connectivity index (χ1) is 11.2. The molecule has 0 aromatic heterocycles. The number of aliphatic imine (C=N–C) groups is 1. The molecule has 0 amide bonds. The van der Waals surface area contributed by atoms with Crippen molar-refractivity contribution in [1.29, 1.82) is 0 Å². The van der Waals surface area contributed by atoms with Crippen LogP contribution in [0.1, 0.15) is 44.6 Å². The van der Waals surface area contributed by atoms with E-state index in [-0.39, 0.29) is 24.0 Å². The van der Waals surface area contributed by atoms with Crippen molar-refractivity contribution in [2.45, 2.75) is 51.2 Å². The Morgan fingerprint density at radius 2 is 1.92 bits per heavy atom. The van der Waals surface area contributed by atoms with Gasteiger partial charge in [-0.1, -0.05) is 37.5 Å². The smallest absolute Gasteiger partial charge is 0.191 e. The maximum Gasteiger partial charge on any atom is 0.191 e. The average Bonchev–Trinajstić information content (AvgIpc) is 2.58. The second-order valence-electron chi connectivity index (χ2n) is 6.15. The third-order valence-corrected chi connectivity index (χ3v) is 4.31. The van der Waals surface area contributed by atoms with E-state index in [9.17, 15) is 5.11 Å². The highest BCUT2D eigenvalue weighted by Gasteiger charge is 2.29. The van der Waals surface area contributed by atoms with Crippen LogP contribution in [0.3, 0.4) is 0 Å². The summed E-state index contributed by atoms with van der Waals surface area (Å²) in [4.78, 5) is 4.61. The molecule has 0 unspecified atom stereocenters. The first-order valence-electron chi connectivity index (χ1n) is 8.53. The first-order valence-corrected chi connectivity index (χ1v) is 8.53. The van der Waals surface area contributed by atoms with E-state index in [0.29, 0.717) is 13.1 Å². The van der Waals surface area contributed by atoms with Crippen LogP contribution in [0.2, 0.25) is 0 Å². The van der Waals surface area contributed by atoms with Crippen LogP contribution in [-0.4, -0.2) is 36.9 Å². The Morgan fingerprint density at radius 3 is 2.58 bits per heavy atom. The molecule has 1 aliphatic rings. The van der Waals surface area contributed by atoms with E-state index in [4.69, 9.17) is 4.74 Å². The summed E-state index contributed by atoms with van der Waals surface area (Å²) in [6, 6.07) is 7.89. The van der Waals surface area contributed by atoms with Gasteiger partial charge in [-0.2, -0.15) is 0 Å². The summed E-state index contributed by atoms with van der Waals surface area (Å²) < 4.78 is 5.36. The SMILES string of the molecule is CCNC(=NCc1ccccc1OC)NCC1(O)CCCCC1.I. The molecular weight excluding hydrogens is 417 g/mol. The molecular formula is C18H30IN3O2. The third-order valence-electron chi connectivity index (χ3n) is 4.31. The maximum absolute atomic E-state index is 10.6. The van der Waals surface area contributed by atoms with Crippen LogP contribution in [0.5, 0.6) is 5.75 Å². The molecule has 1 aliphatic carbocycles. The van der Waals surface area contributed by atoms with Gasteiger partial charge in [0.15, 0.2) is 5.96 Å². The normalized spacial score (nSPS) is 16.9. The molecule has 6 heteroatoms. The standard InChI is InChI=1S/C18H29N3O2.HI/c1-3-19-17(21-14-18(22)11-7-4-8-12-18)20-13-15-9-5-6-10-16(15)23-2;/h5-6,9-10,22H,3-4,7-8,11-14H2,1-2H3,(H2,19,20,21);1H. The van der Waals surface area contributed by atoms with E-state index < -0.39 is 5.60 Å². The third kappa shape index (κ3) is 6.47. The molecule has 0 spiro atoms. The predicted molar refractivity (Wildman–Crippen MR) is 109 cm³/mol. The number of aliphatic hydroxyl groups is 1. The fraction of sp³-hybridized carbons (Fsp3) is 0.611. The van der Waals surface area contributed by atoms with Gasteiger partial charge in [0.2, 0.25) is 0 Å². The highest BCUT2D eigenvalue weighted by Crippen LogP contribution is 2.27. The minimum Gasteiger partial charge on any atom is -0.496 e. The fourth-order valence-corrected chi connectivity index (χ4v) is 2.97. The lowest BCUT2D eigenvalue weighted by Gasteiger charge is -2.32. The molecule has 1 aromatic carbocycles. The Morgan fingerprint density at radius 1 is 1.21 bits per heavy atom. The topological polar surface area (TPSA) is 65.9 Å². The molecule has 1 saturated carbocycles. The number of rotatable bonds is 6. The number of nitrogens with zero attached hydrogens (tertiary/aromatic N) is 1. The zero-order valence-electron chi connectivity index (χ0n) is 14.7. The van der Waals surface area contributed by atoms with Crippen molar-refractivity contribution < 1.29 is 9.84 Å². The number of hydrogen-bond acceptors (Lipinski definition) is 3. The van der Waals surface area contributed by atoms with Crippen molar-refractivity contribution in [3.63, 3.8) is 0 Å². The van der Waals surface area contributed by atoms with Gasteiger partial charge in [0.25, 0.3) is 0 Å². The van der Waals surface area contributed by atoms with E-state index in [1.807, 2.05) is 31.2 Å². The molecule has 5 nitrogen and oxygen atoms in total. The van der Waals surface area contributed by atoms with Gasteiger partial charge in [-0.3, -0.25) is 0 Å². The van der Waals surface area contributed by atoms with Crippen LogP contribution in [0.15, 0.2) is 29.3 Å². The highest BCUT2D eigenvalue weighted by atomic mass is 127. The maximum atomic E-state index is 10.6. The highest BCUT2D eigenvalue weighted by molar-refractivity contribution is 14.0. The number of guanidine groups is 1. The summed E-state index contributed by atoms with van der Waals surface area (Å²) in [5, 5.41) is 17.1. The Kier molecular flexibility index (Phi) is 9.43. The molecule has 136 valence electrons. The summed E-state index contributed by atoms with van der Waals surface area (Å²) in [5.74, 6) is 1.58. The molecule has 0 bridgehead atoms. The van der Waals surface area contributed by atoms with E-state index >= 15 is 0 Å². The Bertz CT molecular complexity index is 517. The van der Waals surface area contributed by atoms with E-state index in [0.717, 1.165) is 49.5 Å². The van der Waals surface area contributed by atoms with Gasteiger partial charge in [0.1, 0.15) is 5.75 Å². The quantitative estimate of drug-likeness (QED) is 0.356. The minimum absolute atomic E-state index is 0. The molecule has 0 heterocycles. The Balaban J connectivity index is 0.00000288. The van der Waals surface area contributed by atoms with E-state index in [1.54, 1.807) is 7.11 Å². The van der Waals surface area contributed by atoms with Crippen LogP contribution in [0, 0.1) is 0 Å². The van der Waals surface area contributed by atoms with Crippen molar-refractivity contribution in [1.82, 2.24) is 10.6 Å². The molecule has 0 radical (unpaired) electrons. The van der Waals surface area contributed by atoms with Gasteiger partial charge in [0, 0.05) is 18.7 Å². The number of nitrogens with one attached hydrogen (secondary N) is 2. The second-order valence-corrected chi connectivity index (χ2v) is 6.15. The molecule has 3 N–H and O–H groups in total. The van der Waals surface area contributed by atoms with Gasteiger partial charge in [0.05, 0.1) is 19.3 Å². The summed E-state index contributed by atoms with van der Waals surface area (Å²) in [5.41, 5.74) is 0.447. The van der Waals surface area contributed by atoms with Crippen LogP contribution < -0.4 is 15.4 Å². The molecule has 2 rings (SSSR count). The number of para-hydroxylation sites is 1. The van der Waals surface area contributed by atoms with Crippen LogP contribution in [0.25, 0.3) is 0 Å². The molecule has 0 saturated heterocycles. The van der Waals surface area contributed by atoms with Crippen molar-refractivity contribution in [2.24, 2.45) is 4.99 Å². The predicted octanol–water partition coefficient (Wildman–Crippen LogP) is 3.06. The van der Waals surface area contributed by atoms with Gasteiger partial charge in [-0.25, -0.2) is 4.99 Å². The van der Waals surface area contributed by atoms with Gasteiger partial charge < -0.3 is 20.5 Å². The lowest BCUT2D eigenvalue weighted by molar-refractivity contribution is 0.00859. The lowest BCUT2D eigenvalue weighted by Crippen LogP contribution is -2.48. The zero-order chi connectivity index (χ0) is 16.5. The number of methoxy groups -OCH3 is 1. The van der Waals surface area contributed by atoms with Gasteiger partial charge >= 0.3 is 0 Å². The number of benzene rings is 1. The number of halogens is 1. The summed E-state index contributed by atoms with van der Waals surface area (Å²) >= 11 is 0. The first kappa shape index (κ1) is 21.0. The fourth-order valence-electron chi connectivity index (χ4n) is 2.97. The minimum atomic E-state index is -0.598. The van der Waals surface area contributed by atoms with E-state index in [2.05, 4.69) is 15.6 Å². The van der Waals surface area contributed by atoms with Crippen molar-refractivity contribution in [2.75, 3.05) is 20.2 Å². The average molecular weight is 447 g/mol. The molecule has 1 aromatic rings. The van der Waals surface area contributed by atoms with Crippen LogP contribution >= 0.6 is 24.0 Å². The van der Waals surface area contributed by atoms with Gasteiger partial charge in [-0.15, -0.1) is 24.0 Å². The van der Waals surface area contributed by atoms with Crippen LogP contribution in [-0.2, 0) is 6.54 Å². The van der Waals surface area contributed by atoms with E-state index in [1.165, 1.54) is 6.42 Å². The molecule has 1 fully saturated rings. The summed E-state index contributed by atoms with van der Waals surface area (Å²) in [7, 11) is 1.67. The summed E-state index contributed by atoms with van der Waals surface area (Å²) in [6.07, 6.45) is 5.17. The van der Waals surface area contributed by atoms with Crippen molar-refractivity contribution >= 4 is 29.9 Å².